The van der Waals surface area contributed by atoms with Gasteiger partial charge in [-0.15, -0.1) is 0 Å². The molecule has 0 saturated carbocycles. The fourth-order valence-electron chi connectivity index (χ4n) is 1.92. The number of furan rings is 1. The molecule has 0 aliphatic carbocycles. The summed E-state index contributed by atoms with van der Waals surface area (Å²) in [4.78, 5) is 0. The smallest absolute Gasteiger partial charge is 0.129 e. The van der Waals surface area contributed by atoms with Crippen LogP contribution in [0.2, 0.25) is 0 Å². The topological polar surface area (TPSA) is 65.6 Å². The average molecular weight is 261 g/mol. The van der Waals surface area contributed by atoms with Crippen molar-refractivity contribution >= 4 is 0 Å². The lowest BCUT2D eigenvalue weighted by Gasteiger charge is -2.11. The quantitative estimate of drug-likeness (QED) is 0.706. The van der Waals surface area contributed by atoms with Gasteiger partial charge in [-0.25, -0.2) is 0 Å². The van der Waals surface area contributed by atoms with Crippen LogP contribution < -0.4 is 5.32 Å². The molecule has 4 nitrogen and oxygen atoms in total. The molecular formula is C15H19NO3. The maximum absolute atomic E-state index is 9.90. The normalized spacial score (nSPS) is 12.5. The van der Waals surface area contributed by atoms with Crippen LogP contribution in [0.25, 0.3) is 0 Å². The monoisotopic (exact) mass is 261 g/mol. The van der Waals surface area contributed by atoms with E-state index in [0.29, 0.717) is 25.3 Å². The van der Waals surface area contributed by atoms with Crippen molar-refractivity contribution in [1.82, 2.24) is 5.32 Å². The van der Waals surface area contributed by atoms with E-state index in [0.717, 1.165) is 11.3 Å². The van der Waals surface area contributed by atoms with E-state index >= 15 is 0 Å². The number of hydrogen-bond acceptors (Lipinski definition) is 4. The Kier molecular flexibility index (Phi) is 5.15. The number of aliphatic hydroxyl groups is 2. The van der Waals surface area contributed by atoms with Gasteiger partial charge in [0.1, 0.15) is 18.1 Å². The molecule has 0 fully saturated rings. The van der Waals surface area contributed by atoms with Crippen LogP contribution >= 0.6 is 0 Å². The van der Waals surface area contributed by atoms with Crippen LogP contribution in [0.4, 0.5) is 0 Å². The molecule has 1 unspecified atom stereocenters. The van der Waals surface area contributed by atoms with Gasteiger partial charge in [0.2, 0.25) is 0 Å². The predicted molar refractivity (Wildman–Crippen MR) is 72.5 cm³/mol. The Balaban J connectivity index is 1.70. The highest BCUT2D eigenvalue weighted by molar-refractivity contribution is 5.15. The Labute approximate surface area is 112 Å². The highest BCUT2D eigenvalue weighted by Gasteiger charge is 2.06. The van der Waals surface area contributed by atoms with E-state index in [1.807, 2.05) is 36.4 Å². The zero-order chi connectivity index (χ0) is 13.5. The summed E-state index contributed by atoms with van der Waals surface area (Å²) in [6.07, 6.45) is 0.211. The molecule has 0 radical (unpaired) electrons. The molecule has 1 atom stereocenters. The van der Waals surface area contributed by atoms with Crippen molar-refractivity contribution in [1.29, 1.82) is 0 Å². The predicted octanol–water partition coefficient (Wildman–Crippen LogP) is 1.47. The maximum Gasteiger partial charge on any atom is 0.129 e. The van der Waals surface area contributed by atoms with Crippen LogP contribution in [0.15, 0.2) is 46.9 Å². The molecule has 0 saturated heterocycles. The lowest BCUT2D eigenvalue weighted by atomic mass is 10.1. The molecule has 1 aromatic carbocycles. The molecule has 3 N–H and O–H groups in total. The molecule has 1 heterocycles. The van der Waals surface area contributed by atoms with Crippen molar-refractivity contribution < 1.29 is 14.6 Å². The van der Waals surface area contributed by atoms with E-state index < -0.39 is 6.10 Å². The second-order valence-corrected chi connectivity index (χ2v) is 4.50. The average Bonchev–Trinajstić information content (AvgIpc) is 2.88. The molecule has 0 spiro atoms. The Bertz CT molecular complexity index is 481. The van der Waals surface area contributed by atoms with Crippen molar-refractivity contribution in [2.45, 2.75) is 25.7 Å². The summed E-state index contributed by atoms with van der Waals surface area (Å²) in [7, 11) is 0. The lowest BCUT2D eigenvalue weighted by molar-refractivity contribution is 0.170. The fraction of sp³-hybridized carbons (Fsp3) is 0.333. The fourth-order valence-corrected chi connectivity index (χ4v) is 1.92. The lowest BCUT2D eigenvalue weighted by Crippen LogP contribution is -2.27. The van der Waals surface area contributed by atoms with Crippen molar-refractivity contribution in [2.75, 3.05) is 6.54 Å². The second kappa shape index (κ2) is 7.09. The third kappa shape index (κ3) is 4.52. The van der Waals surface area contributed by atoms with Crippen LogP contribution in [0, 0.1) is 0 Å². The molecule has 2 aromatic rings. The van der Waals surface area contributed by atoms with E-state index in [-0.39, 0.29) is 6.61 Å². The summed E-state index contributed by atoms with van der Waals surface area (Å²) in [5.74, 6) is 1.32. The molecule has 0 aliphatic rings. The first kappa shape index (κ1) is 13.8. The highest BCUT2D eigenvalue weighted by Crippen LogP contribution is 2.07. The van der Waals surface area contributed by atoms with Crippen LogP contribution in [0.5, 0.6) is 0 Å². The molecule has 19 heavy (non-hydrogen) atoms. The van der Waals surface area contributed by atoms with Crippen molar-refractivity contribution in [2.24, 2.45) is 0 Å². The van der Waals surface area contributed by atoms with Crippen molar-refractivity contribution in [3.8, 4) is 0 Å². The molecule has 102 valence electrons. The van der Waals surface area contributed by atoms with Gasteiger partial charge in [0.15, 0.2) is 0 Å². The number of hydrogen-bond donors (Lipinski definition) is 3. The Morgan fingerprint density at radius 2 is 1.79 bits per heavy atom. The summed E-state index contributed by atoms with van der Waals surface area (Å²) >= 11 is 0. The number of rotatable bonds is 7. The summed E-state index contributed by atoms with van der Waals surface area (Å²) < 4.78 is 5.34. The van der Waals surface area contributed by atoms with E-state index in [4.69, 9.17) is 9.52 Å². The summed E-state index contributed by atoms with van der Waals surface area (Å²) in [5, 5.41) is 21.9. The minimum absolute atomic E-state index is 0.0867. The number of nitrogens with one attached hydrogen (secondary N) is 1. The SMILES string of the molecule is OCc1ccc(CNCC(O)Cc2ccccc2)o1. The van der Waals surface area contributed by atoms with Gasteiger partial charge in [-0.1, -0.05) is 30.3 Å². The summed E-state index contributed by atoms with van der Waals surface area (Å²) in [6.45, 7) is 0.965. The van der Waals surface area contributed by atoms with Crippen LogP contribution in [0.3, 0.4) is 0 Å². The Morgan fingerprint density at radius 1 is 1.05 bits per heavy atom. The molecule has 1 aromatic heterocycles. The van der Waals surface area contributed by atoms with Gasteiger partial charge in [-0.2, -0.15) is 0 Å². The van der Waals surface area contributed by atoms with E-state index in [2.05, 4.69) is 5.32 Å². The third-order valence-corrected chi connectivity index (χ3v) is 2.87. The zero-order valence-corrected chi connectivity index (χ0v) is 10.7. The zero-order valence-electron chi connectivity index (χ0n) is 10.7. The summed E-state index contributed by atoms with van der Waals surface area (Å²) in [5.41, 5.74) is 1.12. The Hall–Kier alpha value is -1.62. The number of aliphatic hydroxyl groups excluding tert-OH is 2. The van der Waals surface area contributed by atoms with Gasteiger partial charge in [0.25, 0.3) is 0 Å². The van der Waals surface area contributed by atoms with Gasteiger partial charge in [-0.05, 0) is 24.1 Å². The second-order valence-electron chi connectivity index (χ2n) is 4.50. The molecule has 0 bridgehead atoms. The van der Waals surface area contributed by atoms with Gasteiger partial charge in [-0.3, -0.25) is 0 Å². The highest BCUT2D eigenvalue weighted by atomic mass is 16.4. The first-order valence-corrected chi connectivity index (χ1v) is 6.39. The minimum atomic E-state index is -0.422. The number of benzene rings is 1. The van der Waals surface area contributed by atoms with E-state index in [1.54, 1.807) is 6.07 Å². The van der Waals surface area contributed by atoms with Crippen LogP contribution in [-0.4, -0.2) is 22.9 Å². The first-order valence-electron chi connectivity index (χ1n) is 6.39. The van der Waals surface area contributed by atoms with Crippen molar-refractivity contribution in [3.05, 3.63) is 59.5 Å². The molecule has 2 rings (SSSR count). The summed E-state index contributed by atoms with van der Waals surface area (Å²) in [6, 6.07) is 13.5. The van der Waals surface area contributed by atoms with Crippen molar-refractivity contribution in [3.63, 3.8) is 0 Å². The molecular weight excluding hydrogens is 242 g/mol. The van der Waals surface area contributed by atoms with Gasteiger partial charge >= 0.3 is 0 Å². The molecule has 0 aliphatic heterocycles. The maximum atomic E-state index is 9.90. The standard InChI is InChI=1S/C15H19NO3/c17-11-15-7-6-14(19-15)10-16-9-13(18)8-12-4-2-1-3-5-12/h1-7,13,16-18H,8-11H2. The molecule has 0 amide bonds. The van der Waals surface area contributed by atoms with Crippen LogP contribution in [-0.2, 0) is 19.6 Å². The van der Waals surface area contributed by atoms with Gasteiger partial charge < -0.3 is 19.9 Å². The van der Waals surface area contributed by atoms with Gasteiger partial charge in [0, 0.05) is 6.54 Å². The van der Waals surface area contributed by atoms with E-state index in [9.17, 15) is 5.11 Å². The Morgan fingerprint density at radius 3 is 2.47 bits per heavy atom. The van der Waals surface area contributed by atoms with E-state index in [1.165, 1.54) is 0 Å². The molecule has 4 heteroatoms. The minimum Gasteiger partial charge on any atom is -0.462 e. The largest absolute Gasteiger partial charge is 0.462 e. The first-order chi connectivity index (χ1) is 9.28. The van der Waals surface area contributed by atoms with Gasteiger partial charge in [0.05, 0.1) is 12.6 Å². The third-order valence-electron chi connectivity index (χ3n) is 2.87. The van der Waals surface area contributed by atoms with Crippen LogP contribution in [0.1, 0.15) is 17.1 Å².